The van der Waals surface area contributed by atoms with Crippen molar-refractivity contribution in [1.82, 2.24) is 15.0 Å². The topological polar surface area (TPSA) is 156 Å². The van der Waals surface area contributed by atoms with E-state index < -0.39 is 16.0 Å². The Hall–Kier alpha value is -3.78. The monoisotopic (exact) mass is 585 g/mol. The molecule has 2 fully saturated rings. The standard InChI is InChI=1S/C26H31N7O5S2/c1-3-38-24(35)23-16(2)28-26(39-23)31-25-29-21(13-22(30-25)33-12-4-5-19(34)15-33)27-14-17-6-8-18(9-7-17)32-40(36,37)20-10-11-20/h6-9,13,20,32H,3-5,10-12,14-15H2,1-2H3,(H2,27,28,29,30,31). The van der Waals surface area contributed by atoms with E-state index in [1.54, 1.807) is 32.0 Å². The molecule has 2 aliphatic rings. The maximum atomic E-state index is 12.2. The van der Waals surface area contributed by atoms with Gasteiger partial charge in [-0.1, -0.05) is 23.5 Å². The van der Waals surface area contributed by atoms with E-state index in [4.69, 9.17) is 4.74 Å². The zero-order valence-electron chi connectivity index (χ0n) is 22.3. The molecule has 40 heavy (non-hydrogen) atoms. The number of rotatable bonds is 11. The van der Waals surface area contributed by atoms with Crippen molar-refractivity contribution in [3.63, 3.8) is 0 Å². The maximum absolute atomic E-state index is 12.2. The average Bonchev–Trinajstić information content (AvgIpc) is 3.72. The minimum Gasteiger partial charge on any atom is -0.462 e. The van der Waals surface area contributed by atoms with Gasteiger partial charge in [-0.25, -0.2) is 18.2 Å². The summed E-state index contributed by atoms with van der Waals surface area (Å²) >= 11 is 1.16. The second kappa shape index (κ2) is 11.8. The van der Waals surface area contributed by atoms with Gasteiger partial charge in [-0.15, -0.1) is 0 Å². The summed E-state index contributed by atoms with van der Waals surface area (Å²) in [5.74, 6) is 1.12. The molecule has 0 radical (unpaired) electrons. The van der Waals surface area contributed by atoms with E-state index in [2.05, 4.69) is 30.3 Å². The molecule has 1 saturated carbocycles. The van der Waals surface area contributed by atoms with Gasteiger partial charge in [0.05, 0.1) is 24.1 Å². The number of esters is 1. The SMILES string of the molecule is CCOC(=O)c1sc(Nc2nc(NCc3ccc(NS(=O)(=O)C4CC4)cc3)cc(N3CCCC(=O)C3)n2)nc1C. The highest BCUT2D eigenvalue weighted by Gasteiger charge is 2.35. The fraction of sp³-hybridized carbons (Fsp3) is 0.423. The molecule has 1 saturated heterocycles. The Kier molecular flexibility index (Phi) is 8.17. The van der Waals surface area contributed by atoms with Crippen LogP contribution in [0.15, 0.2) is 30.3 Å². The van der Waals surface area contributed by atoms with Crippen LogP contribution in [0.4, 0.5) is 28.4 Å². The lowest BCUT2D eigenvalue weighted by Crippen LogP contribution is -2.36. The maximum Gasteiger partial charge on any atom is 0.350 e. The van der Waals surface area contributed by atoms with E-state index in [1.807, 2.05) is 17.0 Å². The number of carbonyl (C=O) groups excluding carboxylic acids is 2. The van der Waals surface area contributed by atoms with Gasteiger partial charge in [0.25, 0.3) is 0 Å². The molecule has 0 unspecified atom stereocenters. The minimum atomic E-state index is -3.32. The van der Waals surface area contributed by atoms with Gasteiger partial charge in [0.1, 0.15) is 16.5 Å². The van der Waals surface area contributed by atoms with Gasteiger partial charge in [0.2, 0.25) is 16.0 Å². The highest BCUT2D eigenvalue weighted by molar-refractivity contribution is 7.93. The van der Waals surface area contributed by atoms with Crippen LogP contribution in [0.3, 0.4) is 0 Å². The number of hydrogen-bond acceptors (Lipinski definition) is 12. The Balaban J connectivity index is 1.33. The molecule has 12 nitrogen and oxygen atoms in total. The lowest BCUT2D eigenvalue weighted by atomic mass is 10.1. The molecule has 5 rings (SSSR count). The first-order valence-corrected chi connectivity index (χ1v) is 15.5. The molecule has 0 bridgehead atoms. The minimum absolute atomic E-state index is 0.154. The first kappa shape index (κ1) is 27.8. The Morgan fingerprint density at radius 3 is 2.65 bits per heavy atom. The number of benzene rings is 1. The van der Waals surface area contributed by atoms with Crippen LogP contribution < -0.4 is 20.3 Å². The van der Waals surface area contributed by atoms with Crippen LogP contribution in [0.2, 0.25) is 0 Å². The quantitative estimate of drug-likeness (QED) is 0.281. The van der Waals surface area contributed by atoms with Crippen molar-refractivity contribution in [2.24, 2.45) is 0 Å². The summed E-state index contributed by atoms with van der Waals surface area (Å²) in [5, 5.41) is 6.55. The van der Waals surface area contributed by atoms with Crippen LogP contribution in [0, 0.1) is 6.92 Å². The van der Waals surface area contributed by atoms with Crippen molar-refractivity contribution in [3.8, 4) is 0 Å². The second-order valence-electron chi connectivity index (χ2n) is 9.67. The van der Waals surface area contributed by atoms with Gasteiger partial charge in [0, 0.05) is 31.3 Å². The number of piperidine rings is 1. The summed E-state index contributed by atoms with van der Waals surface area (Å²) in [7, 11) is -3.32. The van der Waals surface area contributed by atoms with E-state index >= 15 is 0 Å². The van der Waals surface area contributed by atoms with Crippen molar-refractivity contribution in [2.75, 3.05) is 40.0 Å². The third kappa shape index (κ3) is 6.86. The molecule has 0 atom stereocenters. The summed E-state index contributed by atoms with van der Waals surface area (Å²) < 4.78 is 32.1. The Morgan fingerprint density at radius 2 is 1.95 bits per heavy atom. The number of nitrogens with one attached hydrogen (secondary N) is 3. The highest BCUT2D eigenvalue weighted by atomic mass is 32.2. The van der Waals surface area contributed by atoms with Crippen molar-refractivity contribution in [3.05, 3.63) is 46.5 Å². The molecule has 3 N–H and O–H groups in total. The number of thiazole rings is 1. The van der Waals surface area contributed by atoms with Crippen molar-refractivity contribution >= 4 is 61.5 Å². The number of carbonyl (C=O) groups is 2. The Bertz CT molecular complexity index is 1500. The number of anilines is 5. The third-order valence-electron chi connectivity index (χ3n) is 6.41. The largest absolute Gasteiger partial charge is 0.462 e. The molecule has 1 aliphatic carbocycles. The number of sulfonamides is 1. The van der Waals surface area contributed by atoms with Gasteiger partial charge in [-0.05, 0) is 50.8 Å². The third-order valence-corrected chi connectivity index (χ3v) is 9.34. The molecule has 1 aliphatic heterocycles. The first-order valence-electron chi connectivity index (χ1n) is 13.1. The summed E-state index contributed by atoms with van der Waals surface area (Å²) in [4.78, 5) is 40.3. The van der Waals surface area contributed by atoms with Gasteiger partial charge in [-0.2, -0.15) is 9.97 Å². The van der Waals surface area contributed by atoms with E-state index in [1.165, 1.54) is 0 Å². The normalized spacial score (nSPS) is 15.6. The van der Waals surface area contributed by atoms with Crippen LogP contribution in [0.25, 0.3) is 0 Å². The number of ketones is 1. The molecule has 2 aromatic heterocycles. The van der Waals surface area contributed by atoms with E-state index in [0.717, 1.165) is 23.3 Å². The van der Waals surface area contributed by atoms with Crippen molar-refractivity contribution in [1.29, 1.82) is 0 Å². The Labute approximate surface area is 236 Å². The summed E-state index contributed by atoms with van der Waals surface area (Å²) in [5.41, 5.74) is 2.00. The van der Waals surface area contributed by atoms with E-state index in [0.29, 0.717) is 65.4 Å². The first-order chi connectivity index (χ1) is 19.2. The van der Waals surface area contributed by atoms with Gasteiger partial charge < -0.3 is 15.0 Å². The number of hydrogen-bond donors (Lipinski definition) is 3. The zero-order valence-corrected chi connectivity index (χ0v) is 23.9. The number of Topliss-reactive ketones (excluding diaryl/α,β-unsaturated/α-hetero) is 1. The van der Waals surface area contributed by atoms with Gasteiger partial charge >= 0.3 is 5.97 Å². The lowest BCUT2D eigenvalue weighted by Gasteiger charge is -2.27. The van der Waals surface area contributed by atoms with Gasteiger partial charge in [-0.3, -0.25) is 14.8 Å². The summed E-state index contributed by atoms with van der Waals surface area (Å²) in [6.07, 6.45) is 2.71. The van der Waals surface area contributed by atoms with Crippen LogP contribution in [-0.4, -0.2) is 60.1 Å². The lowest BCUT2D eigenvalue weighted by molar-refractivity contribution is -0.118. The van der Waals surface area contributed by atoms with Crippen molar-refractivity contribution in [2.45, 2.75) is 51.3 Å². The molecule has 14 heteroatoms. The molecule has 0 spiro atoms. The fourth-order valence-electron chi connectivity index (χ4n) is 4.22. The predicted octanol–water partition coefficient (Wildman–Crippen LogP) is 3.85. The molecule has 3 heterocycles. The van der Waals surface area contributed by atoms with Crippen LogP contribution in [-0.2, 0) is 26.1 Å². The van der Waals surface area contributed by atoms with Crippen molar-refractivity contribution < 1.29 is 22.7 Å². The molecule has 0 amide bonds. The highest BCUT2D eigenvalue weighted by Crippen LogP contribution is 2.30. The average molecular weight is 586 g/mol. The number of aromatic nitrogens is 3. The van der Waals surface area contributed by atoms with Crippen LogP contribution in [0.5, 0.6) is 0 Å². The Morgan fingerprint density at radius 1 is 1.18 bits per heavy atom. The molecular weight excluding hydrogens is 554 g/mol. The zero-order chi connectivity index (χ0) is 28.3. The second-order valence-corrected chi connectivity index (χ2v) is 12.6. The predicted molar refractivity (Wildman–Crippen MR) is 154 cm³/mol. The molecule has 3 aromatic rings. The molecular formula is C26H31N7O5S2. The van der Waals surface area contributed by atoms with E-state index in [-0.39, 0.29) is 30.1 Å². The van der Waals surface area contributed by atoms with Crippen LogP contribution in [0.1, 0.15) is 53.5 Å². The molecule has 212 valence electrons. The summed E-state index contributed by atoms with van der Waals surface area (Å²) in [6, 6.07) is 8.95. The smallest absolute Gasteiger partial charge is 0.350 e. The van der Waals surface area contributed by atoms with E-state index in [9.17, 15) is 18.0 Å². The number of ether oxygens (including phenoxy) is 1. The fourth-order valence-corrected chi connectivity index (χ4v) is 6.46. The van der Waals surface area contributed by atoms with Gasteiger partial charge in [0.15, 0.2) is 10.9 Å². The van der Waals surface area contributed by atoms with Crippen LogP contribution >= 0.6 is 11.3 Å². The summed E-state index contributed by atoms with van der Waals surface area (Å²) in [6.45, 7) is 5.15. The number of nitrogens with zero attached hydrogens (tertiary/aromatic N) is 4. The molecule has 1 aromatic carbocycles. The number of aryl methyl sites for hydroxylation is 1.